The van der Waals surface area contributed by atoms with E-state index >= 15 is 0 Å². The van der Waals surface area contributed by atoms with Gasteiger partial charge in [0.05, 0.1) is 0 Å². The topological polar surface area (TPSA) is 38.0 Å². The number of hydrogen-bond donors (Lipinski definition) is 2. The lowest BCUT2D eigenvalue weighted by atomic mass is 10.1. The van der Waals surface area contributed by atoms with E-state index in [1.54, 1.807) is 0 Å². The molecule has 0 aromatic heterocycles. The maximum atomic E-state index is 5.28. The molecule has 3 N–H and O–H groups in total. The first-order valence-corrected chi connectivity index (χ1v) is 3.54. The molecule has 9 heavy (non-hydrogen) atoms. The first-order chi connectivity index (χ1) is 4.08. The summed E-state index contributed by atoms with van der Waals surface area (Å²) in [7, 11) is 0. The highest BCUT2D eigenvalue weighted by atomic mass is 15.2. The standard InChI is InChI=1S/C7H16N2/c1-5(9-8)6-4-7(6,2)3/h5-6,9H,4,8H2,1-3H3. The van der Waals surface area contributed by atoms with Gasteiger partial charge in [0.25, 0.3) is 0 Å². The zero-order valence-electron chi connectivity index (χ0n) is 6.44. The summed E-state index contributed by atoms with van der Waals surface area (Å²) in [6.07, 6.45) is 1.32. The van der Waals surface area contributed by atoms with Gasteiger partial charge < -0.3 is 0 Å². The molecule has 0 saturated heterocycles. The zero-order valence-corrected chi connectivity index (χ0v) is 6.44. The molecule has 1 saturated carbocycles. The quantitative estimate of drug-likeness (QED) is 0.428. The van der Waals surface area contributed by atoms with Crippen LogP contribution in [0.25, 0.3) is 0 Å². The van der Waals surface area contributed by atoms with Crippen LogP contribution in [0.4, 0.5) is 0 Å². The highest BCUT2D eigenvalue weighted by Gasteiger charge is 2.48. The van der Waals surface area contributed by atoms with Crippen molar-refractivity contribution in [3.8, 4) is 0 Å². The van der Waals surface area contributed by atoms with E-state index in [-0.39, 0.29) is 0 Å². The Labute approximate surface area is 56.8 Å². The SMILES string of the molecule is CC(NN)C1CC1(C)C. The average Bonchev–Trinajstić information content (AvgIpc) is 2.38. The Morgan fingerprint density at radius 3 is 2.22 bits per heavy atom. The van der Waals surface area contributed by atoms with Crippen LogP contribution in [-0.4, -0.2) is 6.04 Å². The minimum atomic E-state index is 0.486. The Balaban J connectivity index is 2.33. The first kappa shape index (κ1) is 7.03. The van der Waals surface area contributed by atoms with Crippen molar-refractivity contribution in [1.82, 2.24) is 5.43 Å². The lowest BCUT2D eigenvalue weighted by molar-refractivity contribution is 0.436. The number of nitrogens with one attached hydrogen (secondary N) is 1. The van der Waals surface area contributed by atoms with Crippen LogP contribution in [0, 0.1) is 11.3 Å². The molecular weight excluding hydrogens is 112 g/mol. The van der Waals surface area contributed by atoms with Gasteiger partial charge in [-0.05, 0) is 24.7 Å². The van der Waals surface area contributed by atoms with Gasteiger partial charge in [-0.3, -0.25) is 11.3 Å². The maximum absolute atomic E-state index is 5.28. The van der Waals surface area contributed by atoms with Gasteiger partial charge in [0, 0.05) is 6.04 Å². The summed E-state index contributed by atoms with van der Waals surface area (Å²) in [6.45, 7) is 6.70. The molecule has 2 nitrogen and oxygen atoms in total. The van der Waals surface area contributed by atoms with Crippen LogP contribution >= 0.6 is 0 Å². The van der Waals surface area contributed by atoms with Gasteiger partial charge in [-0.25, -0.2) is 0 Å². The second-order valence-electron chi connectivity index (χ2n) is 3.75. The Hall–Kier alpha value is -0.0800. The van der Waals surface area contributed by atoms with Crippen molar-refractivity contribution in [2.45, 2.75) is 33.2 Å². The summed E-state index contributed by atoms with van der Waals surface area (Å²) in [4.78, 5) is 0. The van der Waals surface area contributed by atoms with Crippen LogP contribution in [0.3, 0.4) is 0 Å². The molecule has 0 aliphatic heterocycles. The molecule has 0 aromatic rings. The molecule has 1 fully saturated rings. The molecule has 0 amide bonds. The molecule has 1 rings (SSSR count). The largest absolute Gasteiger partial charge is 0.271 e. The summed E-state index contributed by atoms with van der Waals surface area (Å²) in [5.41, 5.74) is 3.33. The van der Waals surface area contributed by atoms with Crippen LogP contribution in [0.15, 0.2) is 0 Å². The lowest BCUT2D eigenvalue weighted by Crippen LogP contribution is -2.35. The third kappa shape index (κ3) is 1.25. The van der Waals surface area contributed by atoms with Crippen molar-refractivity contribution in [1.29, 1.82) is 0 Å². The van der Waals surface area contributed by atoms with Crippen molar-refractivity contribution in [2.75, 3.05) is 0 Å². The van der Waals surface area contributed by atoms with E-state index in [0.717, 1.165) is 5.92 Å². The molecule has 2 heteroatoms. The van der Waals surface area contributed by atoms with Crippen LogP contribution in [0.2, 0.25) is 0 Å². The van der Waals surface area contributed by atoms with Crippen LogP contribution in [0.5, 0.6) is 0 Å². The van der Waals surface area contributed by atoms with Crippen molar-refractivity contribution >= 4 is 0 Å². The normalized spacial score (nSPS) is 34.0. The fourth-order valence-electron chi connectivity index (χ4n) is 1.48. The fourth-order valence-corrected chi connectivity index (χ4v) is 1.48. The summed E-state index contributed by atoms with van der Waals surface area (Å²) in [6, 6.07) is 0.486. The fraction of sp³-hybridized carbons (Fsp3) is 1.00. The van der Waals surface area contributed by atoms with Gasteiger partial charge in [-0.15, -0.1) is 0 Å². The monoisotopic (exact) mass is 128 g/mol. The Morgan fingerprint density at radius 2 is 2.11 bits per heavy atom. The van der Waals surface area contributed by atoms with E-state index in [2.05, 4.69) is 26.2 Å². The van der Waals surface area contributed by atoms with Gasteiger partial charge in [0.15, 0.2) is 0 Å². The highest BCUT2D eigenvalue weighted by Crippen LogP contribution is 2.53. The second-order valence-corrected chi connectivity index (χ2v) is 3.75. The predicted octanol–water partition coefficient (Wildman–Crippen LogP) is 0.884. The Bertz CT molecular complexity index is 109. The van der Waals surface area contributed by atoms with E-state index in [1.807, 2.05) is 0 Å². The molecule has 0 aromatic carbocycles. The minimum absolute atomic E-state index is 0.486. The Kier molecular flexibility index (Phi) is 1.53. The van der Waals surface area contributed by atoms with E-state index in [0.29, 0.717) is 11.5 Å². The molecule has 0 radical (unpaired) electrons. The molecular formula is C7H16N2. The molecule has 54 valence electrons. The van der Waals surface area contributed by atoms with Crippen molar-refractivity contribution in [3.05, 3.63) is 0 Å². The molecule has 0 spiro atoms. The molecule has 0 heterocycles. The van der Waals surface area contributed by atoms with Gasteiger partial charge in [0.1, 0.15) is 0 Å². The summed E-state index contributed by atoms with van der Waals surface area (Å²) >= 11 is 0. The van der Waals surface area contributed by atoms with Crippen LogP contribution in [-0.2, 0) is 0 Å². The van der Waals surface area contributed by atoms with E-state index in [4.69, 9.17) is 5.84 Å². The van der Waals surface area contributed by atoms with Gasteiger partial charge in [0.2, 0.25) is 0 Å². The lowest BCUT2D eigenvalue weighted by Gasteiger charge is -2.10. The van der Waals surface area contributed by atoms with Crippen molar-refractivity contribution < 1.29 is 0 Å². The Morgan fingerprint density at radius 1 is 1.67 bits per heavy atom. The number of hydrazine groups is 1. The summed E-state index contributed by atoms with van der Waals surface area (Å²) in [5, 5.41) is 0. The van der Waals surface area contributed by atoms with Crippen molar-refractivity contribution in [3.63, 3.8) is 0 Å². The van der Waals surface area contributed by atoms with E-state index in [9.17, 15) is 0 Å². The van der Waals surface area contributed by atoms with Crippen molar-refractivity contribution in [2.24, 2.45) is 17.2 Å². The van der Waals surface area contributed by atoms with Gasteiger partial charge in [-0.1, -0.05) is 13.8 Å². The van der Waals surface area contributed by atoms with E-state index in [1.165, 1.54) is 6.42 Å². The third-order valence-electron chi connectivity index (χ3n) is 2.46. The number of rotatable bonds is 2. The molecule has 2 atom stereocenters. The number of nitrogens with two attached hydrogens (primary N) is 1. The predicted molar refractivity (Wildman–Crippen MR) is 38.7 cm³/mol. The second kappa shape index (κ2) is 1.96. The third-order valence-corrected chi connectivity index (χ3v) is 2.46. The smallest absolute Gasteiger partial charge is 0.0215 e. The minimum Gasteiger partial charge on any atom is -0.271 e. The highest BCUT2D eigenvalue weighted by molar-refractivity contribution is 4.99. The van der Waals surface area contributed by atoms with E-state index < -0.39 is 0 Å². The molecule has 2 unspecified atom stereocenters. The van der Waals surface area contributed by atoms with Crippen LogP contribution in [0.1, 0.15) is 27.2 Å². The van der Waals surface area contributed by atoms with Gasteiger partial charge >= 0.3 is 0 Å². The number of hydrogen-bond acceptors (Lipinski definition) is 2. The zero-order chi connectivity index (χ0) is 7.07. The molecule has 1 aliphatic carbocycles. The molecule has 1 aliphatic rings. The van der Waals surface area contributed by atoms with Gasteiger partial charge in [-0.2, -0.15) is 0 Å². The van der Waals surface area contributed by atoms with Crippen LogP contribution < -0.4 is 11.3 Å². The first-order valence-electron chi connectivity index (χ1n) is 3.54. The summed E-state index contributed by atoms with van der Waals surface area (Å²) < 4.78 is 0. The average molecular weight is 128 g/mol. The summed E-state index contributed by atoms with van der Waals surface area (Å²) in [5.74, 6) is 6.08. The maximum Gasteiger partial charge on any atom is 0.0215 e. The molecule has 0 bridgehead atoms.